The van der Waals surface area contributed by atoms with Crippen LogP contribution in [0.1, 0.15) is 13.3 Å². The molecular formula is C8H7FN. The Morgan fingerprint density at radius 3 is 2.80 bits per heavy atom. The van der Waals surface area contributed by atoms with E-state index in [4.69, 9.17) is 5.26 Å². The Labute approximate surface area is 59.5 Å². The number of nitrogens with zero attached hydrogens (tertiary/aromatic N) is 1. The van der Waals surface area contributed by atoms with Gasteiger partial charge in [0, 0.05) is 0 Å². The van der Waals surface area contributed by atoms with E-state index in [1.807, 2.05) is 12.5 Å². The van der Waals surface area contributed by atoms with Crippen LogP contribution in [0.15, 0.2) is 23.0 Å². The molecule has 1 rings (SSSR count). The summed E-state index contributed by atoms with van der Waals surface area (Å²) in [7, 11) is 0. The van der Waals surface area contributed by atoms with Gasteiger partial charge in [-0.15, -0.1) is 0 Å². The van der Waals surface area contributed by atoms with Gasteiger partial charge in [0.25, 0.3) is 0 Å². The first kappa shape index (κ1) is 7.01. The SMILES string of the molecule is CC1=C(C#N)C(F)=CC[CH]1. The van der Waals surface area contributed by atoms with E-state index < -0.39 is 0 Å². The molecule has 1 aliphatic rings. The summed E-state index contributed by atoms with van der Waals surface area (Å²) in [6.07, 6.45) is 3.84. The van der Waals surface area contributed by atoms with Gasteiger partial charge in [0.15, 0.2) is 0 Å². The van der Waals surface area contributed by atoms with Crippen LogP contribution in [-0.2, 0) is 0 Å². The van der Waals surface area contributed by atoms with Crippen molar-refractivity contribution < 1.29 is 4.39 Å². The van der Waals surface area contributed by atoms with Gasteiger partial charge in [-0.25, -0.2) is 4.39 Å². The van der Waals surface area contributed by atoms with Gasteiger partial charge in [-0.1, -0.05) is 0 Å². The molecule has 0 unspecified atom stereocenters. The molecule has 0 aliphatic heterocycles. The van der Waals surface area contributed by atoms with Gasteiger partial charge in [-0.2, -0.15) is 5.26 Å². The fourth-order valence-corrected chi connectivity index (χ4v) is 0.873. The van der Waals surface area contributed by atoms with Crippen molar-refractivity contribution in [3.63, 3.8) is 0 Å². The molecule has 0 aromatic carbocycles. The van der Waals surface area contributed by atoms with Crippen LogP contribution in [0.5, 0.6) is 0 Å². The van der Waals surface area contributed by atoms with Crippen molar-refractivity contribution in [1.29, 1.82) is 5.26 Å². The van der Waals surface area contributed by atoms with Crippen LogP contribution in [0, 0.1) is 17.8 Å². The lowest BCUT2D eigenvalue weighted by molar-refractivity contribution is 0.646. The highest BCUT2D eigenvalue weighted by Crippen LogP contribution is 2.23. The third kappa shape index (κ3) is 1.08. The summed E-state index contributed by atoms with van der Waals surface area (Å²) in [5.74, 6) is -0.387. The molecule has 0 heterocycles. The minimum atomic E-state index is -0.387. The van der Waals surface area contributed by atoms with Crippen molar-refractivity contribution in [2.75, 3.05) is 0 Å². The monoisotopic (exact) mass is 136 g/mol. The number of hydrogen-bond donors (Lipinski definition) is 0. The Morgan fingerprint density at radius 1 is 1.70 bits per heavy atom. The maximum absolute atomic E-state index is 12.7. The first-order valence-corrected chi connectivity index (χ1v) is 3.06. The normalized spacial score (nSPS) is 18.3. The second kappa shape index (κ2) is 2.66. The zero-order valence-corrected chi connectivity index (χ0v) is 5.69. The molecule has 1 nitrogen and oxygen atoms in total. The van der Waals surface area contributed by atoms with Gasteiger partial charge in [0.1, 0.15) is 11.9 Å². The minimum absolute atomic E-state index is 0.172. The van der Waals surface area contributed by atoms with E-state index >= 15 is 0 Å². The Bertz CT molecular complexity index is 242. The van der Waals surface area contributed by atoms with Crippen molar-refractivity contribution in [2.24, 2.45) is 0 Å². The summed E-state index contributed by atoms with van der Waals surface area (Å²) in [6.45, 7) is 1.74. The van der Waals surface area contributed by atoms with Crippen molar-refractivity contribution >= 4 is 0 Å². The molecule has 0 saturated heterocycles. The molecule has 10 heavy (non-hydrogen) atoms. The van der Waals surface area contributed by atoms with Crippen LogP contribution in [0.2, 0.25) is 0 Å². The van der Waals surface area contributed by atoms with Gasteiger partial charge in [-0.3, -0.25) is 0 Å². The van der Waals surface area contributed by atoms with Gasteiger partial charge in [0.2, 0.25) is 0 Å². The molecule has 0 amide bonds. The average molecular weight is 136 g/mol. The maximum Gasteiger partial charge on any atom is 0.136 e. The van der Waals surface area contributed by atoms with Crippen LogP contribution in [0.4, 0.5) is 4.39 Å². The second-order valence-corrected chi connectivity index (χ2v) is 2.16. The molecule has 0 aromatic heterocycles. The number of allylic oxidation sites excluding steroid dienone is 4. The van der Waals surface area contributed by atoms with Crippen molar-refractivity contribution in [1.82, 2.24) is 0 Å². The molecule has 0 fully saturated rings. The molecule has 0 N–H and O–H groups in total. The minimum Gasteiger partial charge on any atom is -0.206 e. The van der Waals surface area contributed by atoms with Crippen molar-refractivity contribution in [2.45, 2.75) is 13.3 Å². The third-order valence-corrected chi connectivity index (χ3v) is 1.47. The second-order valence-electron chi connectivity index (χ2n) is 2.16. The summed E-state index contributed by atoms with van der Waals surface area (Å²) in [4.78, 5) is 0. The topological polar surface area (TPSA) is 23.8 Å². The van der Waals surface area contributed by atoms with Crippen LogP contribution in [0.25, 0.3) is 0 Å². The molecule has 0 spiro atoms. The summed E-state index contributed by atoms with van der Waals surface area (Å²) >= 11 is 0. The van der Waals surface area contributed by atoms with Gasteiger partial charge in [-0.05, 0) is 31.4 Å². The van der Waals surface area contributed by atoms with E-state index in [0.717, 1.165) is 5.57 Å². The molecule has 1 radical (unpaired) electrons. The predicted octanol–water partition coefficient (Wildman–Crippen LogP) is 2.29. The van der Waals surface area contributed by atoms with Crippen LogP contribution >= 0.6 is 0 Å². The van der Waals surface area contributed by atoms with Gasteiger partial charge >= 0.3 is 0 Å². The summed E-state index contributed by atoms with van der Waals surface area (Å²) in [5.41, 5.74) is 0.911. The van der Waals surface area contributed by atoms with Crippen LogP contribution < -0.4 is 0 Å². The summed E-state index contributed by atoms with van der Waals surface area (Å²) < 4.78 is 12.7. The average Bonchev–Trinajstić information content (AvgIpc) is 1.88. The van der Waals surface area contributed by atoms with E-state index in [1.165, 1.54) is 6.08 Å². The molecule has 0 bridgehead atoms. The van der Waals surface area contributed by atoms with E-state index in [-0.39, 0.29) is 11.4 Å². The first-order valence-electron chi connectivity index (χ1n) is 3.06. The van der Waals surface area contributed by atoms with Crippen molar-refractivity contribution in [3.05, 3.63) is 29.5 Å². The molecule has 51 valence electrons. The quantitative estimate of drug-likeness (QED) is 0.501. The van der Waals surface area contributed by atoms with Crippen molar-refractivity contribution in [3.8, 4) is 6.07 Å². The Morgan fingerprint density at radius 2 is 2.40 bits per heavy atom. The maximum atomic E-state index is 12.7. The van der Waals surface area contributed by atoms with E-state index in [0.29, 0.717) is 6.42 Å². The van der Waals surface area contributed by atoms with Gasteiger partial charge < -0.3 is 0 Å². The highest BCUT2D eigenvalue weighted by molar-refractivity contribution is 5.47. The smallest absolute Gasteiger partial charge is 0.136 e. The fraction of sp³-hybridized carbons (Fsp3) is 0.250. The standard InChI is InChI=1S/C8H7FN/c1-6-3-2-4-8(9)7(6)5-10/h3-4H,2H2,1H3. The number of halogens is 1. The summed E-state index contributed by atoms with van der Waals surface area (Å²) in [5, 5.41) is 8.42. The van der Waals surface area contributed by atoms with E-state index in [9.17, 15) is 4.39 Å². The molecule has 0 aromatic rings. The molecular weight excluding hydrogens is 129 g/mol. The number of nitriles is 1. The summed E-state index contributed by atoms with van der Waals surface area (Å²) in [6, 6.07) is 1.81. The zero-order chi connectivity index (χ0) is 7.56. The largest absolute Gasteiger partial charge is 0.206 e. The lowest BCUT2D eigenvalue weighted by atomic mass is 9.99. The number of hydrogen-bond acceptors (Lipinski definition) is 1. The lowest BCUT2D eigenvalue weighted by Gasteiger charge is -2.06. The Hall–Kier alpha value is -1.10. The van der Waals surface area contributed by atoms with E-state index in [1.54, 1.807) is 6.92 Å². The predicted molar refractivity (Wildman–Crippen MR) is 36.4 cm³/mol. The fourth-order valence-electron chi connectivity index (χ4n) is 0.873. The molecule has 2 heteroatoms. The highest BCUT2D eigenvalue weighted by atomic mass is 19.1. The third-order valence-electron chi connectivity index (χ3n) is 1.47. The van der Waals surface area contributed by atoms with Crippen LogP contribution in [-0.4, -0.2) is 0 Å². The lowest BCUT2D eigenvalue weighted by Crippen LogP contribution is -1.93. The molecule has 1 aliphatic carbocycles. The Kier molecular flexibility index (Phi) is 1.86. The first-order chi connectivity index (χ1) is 4.75. The highest BCUT2D eigenvalue weighted by Gasteiger charge is 2.11. The van der Waals surface area contributed by atoms with E-state index in [2.05, 4.69) is 0 Å². The van der Waals surface area contributed by atoms with Crippen LogP contribution in [0.3, 0.4) is 0 Å². The van der Waals surface area contributed by atoms with Gasteiger partial charge in [0.05, 0.1) is 5.57 Å². The molecule has 0 atom stereocenters. The zero-order valence-electron chi connectivity index (χ0n) is 5.69. The molecule has 0 saturated carbocycles. The number of rotatable bonds is 0. The Balaban J connectivity index is 3.01.